The van der Waals surface area contributed by atoms with Crippen LogP contribution in [0.2, 0.25) is 0 Å². The highest BCUT2D eigenvalue weighted by atomic mass is 16.6. The fraction of sp³-hybridized carbons (Fsp3) is 0.650. The van der Waals surface area contributed by atoms with E-state index < -0.39 is 18.5 Å². The largest absolute Gasteiger partial charge is 0.388 e. The Morgan fingerprint density at radius 2 is 1.45 bits per heavy atom. The van der Waals surface area contributed by atoms with Crippen LogP contribution in [0.4, 0.5) is 0 Å². The summed E-state index contributed by atoms with van der Waals surface area (Å²) in [6.45, 7) is 12.3. The van der Waals surface area contributed by atoms with Crippen molar-refractivity contribution in [3.63, 3.8) is 0 Å². The molecule has 1 rings (SSSR count). The van der Waals surface area contributed by atoms with Crippen LogP contribution in [0.5, 0.6) is 0 Å². The Kier molecular flexibility index (Phi) is 21.5. The summed E-state index contributed by atoms with van der Waals surface area (Å²) in [5, 5.41) is 9.05. The molecule has 0 radical (unpaired) electrons. The van der Waals surface area contributed by atoms with Crippen molar-refractivity contribution >= 4 is 11.9 Å². The molecule has 1 aliphatic carbocycles. The molecule has 0 aromatic heterocycles. The monoisotopic (exact) mass is 608 g/mol. The van der Waals surface area contributed by atoms with Gasteiger partial charge in [0.25, 0.3) is 0 Å². The summed E-state index contributed by atoms with van der Waals surface area (Å²) < 4.78 is 4.87. The minimum Gasteiger partial charge on any atom is -0.388 e. The van der Waals surface area contributed by atoms with Crippen molar-refractivity contribution in [2.75, 3.05) is 6.61 Å². The highest BCUT2D eigenvalue weighted by molar-refractivity contribution is 5.97. The van der Waals surface area contributed by atoms with Crippen molar-refractivity contribution in [3.8, 4) is 0 Å². The standard InChI is InChI=1S/C40H64O4/c1-7-8-9-10-11-12-13-14-15-16-17-18-19-20-21-22-28-36(39(43)44-38(42)32-41)34(3)26-23-25-33(2)29-30-37-35(4)27-24-31-40(37,5)6/h14-15,23,25-26,29-30,41H,7-13,16-22,24,27-28,31-32H2,1-6H3. The summed E-state index contributed by atoms with van der Waals surface area (Å²) in [7, 11) is 0. The average molecular weight is 609 g/mol. The number of carbonyl (C=O) groups excluding carboxylic acids is 2. The van der Waals surface area contributed by atoms with E-state index in [0.29, 0.717) is 12.0 Å². The van der Waals surface area contributed by atoms with Gasteiger partial charge in [-0.25, -0.2) is 9.59 Å². The van der Waals surface area contributed by atoms with Crippen LogP contribution in [-0.4, -0.2) is 23.7 Å². The zero-order chi connectivity index (χ0) is 32.6. The summed E-state index contributed by atoms with van der Waals surface area (Å²) in [6, 6.07) is 0. The molecule has 0 aromatic rings. The highest BCUT2D eigenvalue weighted by Crippen LogP contribution is 2.40. The lowest BCUT2D eigenvalue weighted by atomic mass is 9.72. The Labute approximate surface area is 270 Å². The molecule has 4 heteroatoms. The summed E-state index contributed by atoms with van der Waals surface area (Å²) in [6.07, 6.45) is 36.4. The Bertz CT molecular complexity index is 1030. The average Bonchev–Trinajstić information content (AvgIpc) is 2.97. The molecular formula is C40H64O4. The summed E-state index contributed by atoms with van der Waals surface area (Å²) in [4.78, 5) is 24.3. The Balaban J connectivity index is 2.54. The van der Waals surface area contributed by atoms with E-state index >= 15 is 0 Å². The van der Waals surface area contributed by atoms with Gasteiger partial charge in [-0.2, -0.15) is 0 Å². The van der Waals surface area contributed by atoms with E-state index in [1.807, 2.05) is 25.2 Å². The predicted octanol–water partition coefficient (Wildman–Crippen LogP) is 11.4. The molecule has 0 heterocycles. The third kappa shape index (κ3) is 17.7. The summed E-state index contributed by atoms with van der Waals surface area (Å²) in [5.41, 5.74) is 5.54. The lowest BCUT2D eigenvalue weighted by Gasteiger charge is -2.32. The van der Waals surface area contributed by atoms with Crippen LogP contribution < -0.4 is 0 Å². The van der Waals surface area contributed by atoms with E-state index in [-0.39, 0.29) is 5.41 Å². The van der Waals surface area contributed by atoms with E-state index in [2.05, 4.69) is 58.9 Å². The van der Waals surface area contributed by atoms with Crippen molar-refractivity contribution in [2.24, 2.45) is 5.41 Å². The van der Waals surface area contributed by atoms with Crippen LogP contribution in [0.15, 0.2) is 70.4 Å². The minimum absolute atomic E-state index is 0.208. The second-order valence-electron chi connectivity index (χ2n) is 13.3. The quantitative estimate of drug-likeness (QED) is 0.0332. The van der Waals surface area contributed by atoms with Crippen molar-refractivity contribution in [3.05, 3.63) is 70.4 Å². The molecule has 4 nitrogen and oxygen atoms in total. The van der Waals surface area contributed by atoms with Crippen LogP contribution in [0.3, 0.4) is 0 Å². The predicted molar refractivity (Wildman–Crippen MR) is 187 cm³/mol. The van der Waals surface area contributed by atoms with Gasteiger partial charge in [0.2, 0.25) is 0 Å². The van der Waals surface area contributed by atoms with Crippen molar-refractivity contribution in [1.82, 2.24) is 0 Å². The van der Waals surface area contributed by atoms with Crippen LogP contribution in [0.1, 0.15) is 157 Å². The van der Waals surface area contributed by atoms with Gasteiger partial charge in [-0.15, -0.1) is 0 Å². The maximum absolute atomic E-state index is 12.7. The maximum atomic E-state index is 12.7. The zero-order valence-corrected chi connectivity index (χ0v) is 29.1. The number of esters is 2. The van der Waals surface area contributed by atoms with Gasteiger partial charge in [-0.1, -0.05) is 132 Å². The van der Waals surface area contributed by atoms with Crippen molar-refractivity contribution in [1.29, 1.82) is 0 Å². The third-order valence-electron chi connectivity index (χ3n) is 8.76. The third-order valence-corrected chi connectivity index (χ3v) is 8.76. The fourth-order valence-electron chi connectivity index (χ4n) is 5.93. The molecule has 0 amide bonds. The van der Waals surface area contributed by atoms with Gasteiger partial charge in [-0.05, 0) is 95.1 Å². The van der Waals surface area contributed by atoms with Gasteiger partial charge in [0.05, 0.1) is 0 Å². The van der Waals surface area contributed by atoms with Gasteiger partial charge in [0.15, 0.2) is 0 Å². The Hall–Kier alpha value is -2.46. The Morgan fingerprint density at radius 3 is 2.05 bits per heavy atom. The smallest absolute Gasteiger partial charge is 0.341 e. The molecule has 0 saturated heterocycles. The first kappa shape index (κ1) is 39.6. The molecule has 0 fully saturated rings. The molecule has 0 aromatic carbocycles. The van der Waals surface area contributed by atoms with Crippen molar-refractivity contribution < 1.29 is 19.4 Å². The van der Waals surface area contributed by atoms with Crippen LogP contribution in [0, 0.1) is 5.41 Å². The molecule has 0 aliphatic heterocycles. The lowest BCUT2D eigenvalue weighted by molar-refractivity contribution is -0.159. The molecule has 44 heavy (non-hydrogen) atoms. The van der Waals surface area contributed by atoms with E-state index in [0.717, 1.165) is 36.8 Å². The van der Waals surface area contributed by atoms with Crippen LogP contribution in [-0.2, 0) is 14.3 Å². The number of hydrogen-bond acceptors (Lipinski definition) is 4. The number of unbranched alkanes of at least 4 members (excludes halogenated alkanes) is 12. The van der Waals surface area contributed by atoms with E-state index in [4.69, 9.17) is 9.84 Å². The molecule has 248 valence electrons. The molecule has 1 N–H and O–H groups in total. The first-order valence-corrected chi connectivity index (χ1v) is 17.6. The van der Waals surface area contributed by atoms with E-state index in [9.17, 15) is 9.59 Å². The molecule has 0 saturated carbocycles. The van der Waals surface area contributed by atoms with Gasteiger partial charge >= 0.3 is 11.9 Å². The number of rotatable bonds is 22. The van der Waals surface area contributed by atoms with Crippen molar-refractivity contribution in [2.45, 2.75) is 157 Å². The number of carbonyl (C=O) groups is 2. The van der Waals surface area contributed by atoms with Crippen LogP contribution >= 0.6 is 0 Å². The molecule has 0 atom stereocenters. The SMILES string of the molecule is CCCCCCCCC=CCCCCCCCCC(C(=O)OC(=O)CO)=C(C)C=CC=C(C)C=CC1=C(C)CCCC1(C)C. The fourth-order valence-corrected chi connectivity index (χ4v) is 5.93. The molecule has 0 unspecified atom stereocenters. The second-order valence-corrected chi connectivity index (χ2v) is 13.3. The number of hydrogen-bond donors (Lipinski definition) is 1. The summed E-state index contributed by atoms with van der Waals surface area (Å²) >= 11 is 0. The lowest BCUT2D eigenvalue weighted by Crippen LogP contribution is -2.19. The number of aliphatic hydroxyl groups excluding tert-OH is 1. The number of ether oxygens (including phenoxy) is 1. The first-order valence-electron chi connectivity index (χ1n) is 17.6. The van der Waals surface area contributed by atoms with E-state index in [1.165, 1.54) is 94.6 Å². The van der Waals surface area contributed by atoms with E-state index in [1.54, 1.807) is 0 Å². The molecular weight excluding hydrogens is 544 g/mol. The van der Waals surface area contributed by atoms with Gasteiger partial charge in [0.1, 0.15) is 6.61 Å². The van der Waals surface area contributed by atoms with Gasteiger partial charge in [0, 0.05) is 5.57 Å². The first-order chi connectivity index (χ1) is 21.1. The second kappa shape index (κ2) is 23.9. The molecule has 1 aliphatic rings. The Morgan fingerprint density at radius 1 is 0.864 bits per heavy atom. The van der Waals surface area contributed by atoms with Gasteiger partial charge in [-0.3, -0.25) is 0 Å². The van der Waals surface area contributed by atoms with Crippen LogP contribution in [0.25, 0.3) is 0 Å². The minimum atomic E-state index is -0.915. The maximum Gasteiger partial charge on any atom is 0.341 e. The normalized spacial score (nSPS) is 16.4. The number of aliphatic hydroxyl groups is 1. The topological polar surface area (TPSA) is 63.6 Å². The highest BCUT2D eigenvalue weighted by Gasteiger charge is 2.26. The summed E-state index contributed by atoms with van der Waals surface area (Å²) in [5.74, 6) is -1.57. The molecule has 0 bridgehead atoms. The number of allylic oxidation sites excluding steroid dienone is 11. The van der Waals surface area contributed by atoms with Gasteiger partial charge < -0.3 is 9.84 Å². The zero-order valence-electron chi connectivity index (χ0n) is 29.1. The molecule has 0 spiro atoms.